The lowest BCUT2D eigenvalue weighted by atomic mass is 9.77. The van der Waals surface area contributed by atoms with Crippen molar-refractivity contribution in [2.45, 2.75) is 38.1 Å². The molecule has 3 aliphatic rings. The van der Waals surface area contributed by atoms with Crippen molar-refractivity contribution in [1.82, 2.24) is 9.80 Å². The summed E-state index contributed by atoms with van der Waals surface area (Å²) in [5, 5.41) is 21.4. The zero-order chi connectivity index (χ0) is 25.6. The maximum atomic E-state index is 13.8. The Labute approximate surface area is 206 Å². The third-order valence-corrected chi connectivity index (χ3v) is 7.64. The molecular formula is C26H25N3O7. The molecule has 0 spiro atoms. The van der Waals surface area contributed by atoms with Crippen LogP contribution in [0.25, 0.3) is 0 Å². The molecule has 1 unspecified atom stereocenters. The molecule has 186 valence electrons. The number of imide groups is 1. The normalized spacial score (nSPS) is 23.3. The number of nitrogens with zero attached hydrogens (tertiary/aromatic N) is 3. The molecule has 1 N–H and O–H groups in total. The third kappa shape index (κ3) is 3.82. The summed E-state index contributed by atoms with van der Waals surface area (Å²) in [6.07, 6.45) is 2.53. The topological polar surface area (TPSA) is 138 Å². The molecular weight excluding hydrogens is 466 g/mol. The van der Waals surface area contributed by atoms with E-state index >= 15 is 0 Å². The number of amides is 3. The van der Waals surface area contributed by atoms with Crippen LogP contribution in [0.4, 0.5) is 5.69 Å². The van der Waals surface area contributed by atoms with Crippen LogP contribution >= 0.6 is 0 Å². The van der Waals surface area contributed by atoms with Crippen molar-refractivity contribution in [3.8, 4) is 0 Å². The van der Waals surface area contributed by atoms with Gasteiger partial charge in [-0.05, 0) is 37.0 Å². The van der Waals surface area contributed by atoms with Gasteiger partial charge in [0.15, 0.2) is 0 Å². The first kappa shape index (κ1) is 23.7. The van der Waals surface area contributed by atoms with Crippen molar-refractivity contribution in [2.75, 3.05) is 13.1 Å². The lowest BCUT2D eigenvalue weighted by molar-refractivity contribution is -0.385. The first-order valence-corrected chi connectivity index (χ1v) is 12.0. The molecule has 2 heterocycles. The van der Waals surface area contributed by atoms with Crippen molar-refractivity contribution in [3.63, 3.8) is 0 Å². The minimum atomic E-state index is -1.02. The molecule has 0 radical (unpaired) electrons. The van der Waals surface area contributed by atoms with Gasteiger partial charge in [0.1, 0.15) is 0 Å². The molecule has 1 saturated carbocycles. The van der Waals surface area contributed by atoms with E-state index in [1.54, 1.807) is 30.3 Å². The smallest absolute Gasteiger partial charge is 0.307 e. The molecule has 1 aliphatic carbocycles. The zero-order valence-electron chi connectivity index (χ0n) is 19.5. The highest BCUT2D eigenvalue weighted by Crippen LogP contribution is 2.40. The Morgan fingerprint density at radius 2 is 1.61 bits per heavy atom. The van der Waals surface area contributed by atoms with Crippen molar-refractivity contribution in [2.24, 2.45) is 11.8 Å². The summed E-state index contributed by atoms with van der Waals surface area (Å²) in [7, 11) is 0. The van der Waals surface area contributed by atoms with Crippen LogP contribution in [0.15, 0.2) is 42.5 Å². The molecule has 2 aromatic rings. The third-order valence-electron chi connectivity index (χ3n) is 7.64. The van der Waals surface area contributed by atoms with Gasteiger partial charge in [-0.2, -0.15) is 0 Å². The van der Waals surface area contributed by atoms with Gasteiger partial charge in [-0.15, -0.1) is 0 Å². The van der Waals surface area contributed by atoms with Crippen LogP contribution in [-0.2, 0) is 16.0 Å². The number of benzene rings is 2. The average Bonchev–Trinajstić information content (AvgIpc) is 3.12. The first-order valence-electron chi connectivity index (χ1n) is 12.0. The maximum Gasteiger partial charge on any atom is 0.307 e. The molecule has 1 fully saturated rings. The van der Waals surface area contributed by atoms with Crippen LogP contribution in [0.5, 0.6) is 0 Å². The van der Waals surface area contributed by atoms with E-state index in [0.717, 1.165) is 17.7 Å². The van der Waals surface area contributed by atoms with E-state index in [2.05, 4.69) is 0 Å². The Bertz CT molecular complexity index is 1260. The minimum absolute atomic E-state index is 0.0759. The number of carboxylic acid groups (broad SMARTS) is 1. The summed E-state index contributed by atoms with van der Waals surface area (Å²) in [6, 6.07) is 10.3. The van der Waals surface area contributed by atoms with Crippen LogP contribution in [-0.4, -0.2) is 56.6 Å². The van der Waals surface area contributed by atoms with Crippen LogP contribution in [0.2, 0.25) is 0 Å². The van der Waals surface area contributed by atoms with Gasteiger partial charge in [0.2, 0.25) is 5.91 Å². The maximum absolute atomic E-state index is 13.8. The highest BCUT2D eigenvalue weighted by molar-refractivity contribution is 6.21. The van der Waals surface area contributed by atoms with Gasteiger partial charge in [-0.3, -0.25) is 34.2 Å². The van der Waals surface area contributed by atoms with Gasteiger partial charge >= 0.3 is 5.97 Å². The number of hydrogen-bond donors (Lipinski definition) is 1. The Hall–Kier alpha value is -4.08. The van der Waals surface area contributed by atoms with E-state index in [1.165, 1.54) is 17.0 Å². The molecule has 0 aromatic heterocycles. The second-order valence-corrected chi connectivity index (χ2v) is 9.50. The van der Waals surface area contributed by atoms with Crippen molar-refractivity contribution in [1.29, 1.82) is 0 Å². The molecule has 10 heteroatoms. The fourth-order valence-corrected chi connectivity index (χ4v) is 5.88. The quantitative estimate of drug-likeness (QED) is 0.385. The van der Waals surface area contributed by atoms with Crippen LogP contribution in [0, 0.1) is 22.0 Å². The Morgan fingerprint density at radius 3 is 2.22 bits per heavy atom. The predicted molar refractivity (Wildman–Crippen MR) is 126 cm³/mol. The largest absolute Gasteiger partial charge is 0.481 e. The van der Waals surface area contributed by atoms with E-state index in [1.807, 2.05) is 0 Å². The summed E-state index contributed by atoms with van der Waals surface area (Å²) in [6.45, 7) is -0.0376. The predicted octanol–water partition coefficient (Wildman–Crippen LogP) is 3.21. The molecule has 10 nitrogen and oxygen atoms in total. The molecule has 0 bridgehead atoms. The van der Waals surface area contributed by atoms with Gasteiger partial charge in [0, 0.05) is 18.2 Å². The number of carbonyl (C=O) groups is 4. The van der Waals surface area contributed by atoms with Gasteiger partial charge < -0.3 is 10.0 Å². The van der Waals surface area contributed by atoms with Crippen LogP contribution in [0.3, 0.4) is 0 Å². The summed E-state index contributed by atoms with van der Waals surface area (Å²) in [5.74, 6) is -3.86. The lowest BCUT2D eigenvalue weighted by Crippen LogP contribution is -2.50. The number of carboxylic acids is 1. The second kappa shape index (κ2) is 9.18. The molecule has 5 rings (SSSR count). The number of fused-ring (bicyclic) bond motifs is 2. The van der Waals surface area contributed by atoms with E-state index < -0.39 is 40.6 Å². The first-order chi connectivity index (χ1) is 17.3. The minimum Gasteiger partial charge on any atom is -0.481 e. The van der Waals surface area contributed by atoms with Gasteiger partial charge in [-0.25, -0.2) is 0 Å². The number of rotatable bonds is 5. The molecule has 0 saturated heterocycles. The fraction of sp³-hybridized carbons (Fsp3) is 0.385. The summed E-state index contributed by atoms with van der Waals surface area (Å²) in [5.41, 5.74) is 1.44. The number of nitro benzene ring substituents is 1. The molecule has 2 aromatic carbocycles. The lowest BCUT2D eigenvalue weighted by Gasteiger charge is -2.41. The van der Waals surface area contributed by atoms with Gasteiger partial charge in [-0.1, -0.05) is 37.1 Å². The van der Waals surface area contributed by atoms with E-state index in [-0.39, 0.29) is 42.2 Å². The molecule has 3 atom stereocenters. The monoisotopic (exact) mass is 491 g/mol. The summed E-state index contributed by atoms with van der Waals surface area (Å²) >= 11 is 0. The second-order valence-electron chi connectivity index (χ2n) is 9.50. The Kier molecular flexibility index (Phi) is 6.03. The van der Waals surface area contributed by atoms with Crippen molar-refractivity contribution >= 4 is 29.4 Å². The molecule has 2 aliphatic heterocycles. The van der Waals surface area contributed by atoms with Crippen LogP contribution < -0.4 is 0 Å². The highest BCUT2D eigenvalue weighted by atomic mass is 16.6. The average molecular weight is 492 g/mol. The van der Waals surface area contributed by atoms with Gasteiger partial charge in [0.05, 0.1) is 40.5 Å². The summed E-state index contributed by atoms with van der Waals surface area (Å²) in [4.78, 5) is 65.7. The number of hydrogen-bond acceptors (Lipinski definition) is 6. The van der Waals surface area contributed by atoms with Crippen LogP contribution in [0.1, 0.15) is 63.6 Å². The van der Waals surface area contributed by atoms with E-state index in [4.69, 9.17) is 0 Å². The summed E-state index contributed by atoms with van der Waals surface area (Å²) < 4.78 is 0. The number of carbonyl (C=O) groups excluding carboxylic acids is 3. The number of aliphatic carboxylic acids is 1. The SMILES string of the molecule is O=C(O)[C@H]1CCCC[C@H]1C(=O)N1CCc2c(cccc2[N+](=O)[O-])C1CN1C(=O)c2ccccc2C1=O. The van der Waals surface area contributed by atoms with Crippen molar-refractivity contribution in [3.05, 3.63) is 74.8 Å². The molecule has 3 amide bonds. The number of nitro groups is 1. The Morgan fingerprint density at radius 1 is 0.972 bits per heavy atom. The van der Waals surface area contributed by atoms with E-state index in [9.17, 15) is 34.4 Å². The zero-order valence-corrected chi connectivity index (χ0v) is 19.5. The van der Waals surface area contributed by atoms with Gasteiger partial charge in [0.25, 0.3) is 17.5 Å². The molecule has 36 heavy (non-hydrogen) atoms. The standard InChI is InChI=1S/C26H25N3O7/c30-23(19-8-3-4-9-20(19)26(33)34)27-13-12-16-15(10-5-11-21(16)29(35)36)22(27)14-28-24(31)17-6-1-2-7-18(17)25(28)32/h1-2,5-7,10-11,19-20,22H,3-4,8-9,12-14H2,(H,33,34)/t19-,20+,22?/m1/s1. The fourth-order valence-electron chi connectivity index (χ4n) is 5.88. The van der Waals surface area contributed by atoms with Crippen molar-refractivity contribution < 1.29 is 29.2 Å². The Balaban J connectivity index is 1.54. The highest BCUT2D eigenvalue weighted by Gasteiger charge is 2.45. The van der Waals surface area contributed by atoms with E-state index in [0.29, 0.717) is 24.0 Å².